The highest BCUT2D eigenvalue weighted by atomic mass is 35.5. The summed E-state index contributed by atoms with van der Waals surface area (Å²) < 4.78 is 53.6. The third kappa shape index (κ3) is 5.35. The van der Waals surface area contributed by atoms with E-state index in [2.05, 4.69) is 10.4 Å². The Hall–Kier alpha value is -4.36. The maximum Gasteiger partial charge on any atom is 0.416 e. The van der Waals surface area contributed by atoms with Gasteiger partial charge < -0.3 is 25.6 Å². The van der Waals surface area contributed by atoms with E-state index in [1.807, 2.05) is 10.9 Å². The minimum absolute atomic E-state index is 0.0504. The summed E-state index contributed by atoms with van der Waals surface area (Å²) in [6.07, 6.45) is 0.593. The van der Waals surface area contributed by atoms with Crippen molar-refractivity contribution in [1.29, 1.82) is 0 Å². The fourth-order valence-electron chi connectivity index (χ4n) is 6.13. The highest BCUT2D eigenvalue weighted by molar-refractivity contribution is 6.33. The Balaban J connectivity index is 1.27. The number of aromatic nitrogens is 3. The molecule has 47 heavy (non-hydrogen) atoms. The van der Waals surface area contributed by atoms with Crippen LogP contribution in [0.2, 0.25) is 5.02 Å². The number of hydrogen-bond acceptors (Lipinski definition) is 7. The number of carbonyl (C=O) groups is 2. The Kier molecular flexibility index (Phi) is 7.21. The van der Waals surface area contributed by atoms with Crippen LogP contribution in [0, 0.1) is 5.92 Å². The van der Waals surface area contributed by atoms with E-state index in [1.54, 1.807) is 19.1 Å². The van der Waals surface area contributed by atoms with Crippen molar-refractivity contribution in [3.8, 4) is 22.8 Å². The molecule has 0 unspecified atom stereocenters. The summed E-state index contributed by atoms with van der Waals surface area (Å²) in [6.45, 7) is 1.18. The summed E-state index contributed by atoms with van der Waals surface area (Å²) in [5.41, 5.74) is 3.31. The normalized spacial score (nSPS) is 20.4. The molecular weight excluding hydrogens is 639 g/mol. The van der Waals surface area contributed by atoms with Crippen LogP contribution >= 0.6 is 11.6 Å². The van der Waals surface area contributed by atoms with Crippen LogP contribution in [0.1, 0.15) is 65.8 Å². The molecule has 2 aromatic carbocycles. The van der Waals surface area contributed by atoms with Crippen molar-refractivity contribution < 1.29 is 37.3 Å². The van der Waals surface area contributed by atoms with Gasteiger partial charge in [0, 0.05) is 28.3 Å². The predicted molar refractivity (Wildman–Crippen MR) is 165 cm³/mol. The number of fused-ring (bicyclic) bond motifs is 2. The van der Waals surface area contributed by atoms with Crippen LogP contribution in [0.5, 0.6) is 11.5 Å². The van der Waals surface area contributed by atoms with Crippen LogP contribution < -0.4 is 20.5 Å². The third-order valence-corrected chi connectivity index (χ3v) is 9.69. The number of nitrogens with one attached hydrogen (secondary N) is 1. The van der Waals surface area contributed by atoms with Crippen molar-refractivity contribution in [2.24, 2.45) is 11.7 Å². The van der Waals surface area contributed by atoms with Gasteiger partial charge in [0.15, 0.2) is 0 Å². The number of alkyl halides is 3. The number of primary amides is 1. The standard InChI is InChI=1S/C33H31ClF3N5O5/c1-31(30(38)44)15-47-28-22(31)12-25(40-27(28)21-8-5-19(11-23(21)34)33(35,36)37)32(45,18-3-4-18)14-39-29(43)16-9-17-13-42(20-6-7-20)41-26(17)24(10-16)46-2/h5,8-13,18,20,45H,3-4,6-7,14-15H2,1-2H3,(H2,38,44)(H,39,43)/t31-,32+/m0/s1. The van der Waals surface area contributed by atoms with Gasteiger partial charge in [-0.05, 0) is 68.9 Å². The van der Waals surface area contributed by atoms with Crippen molar-refractivity contribution in [1.82, 2.24) is 20.1 Å². The quantitative estimate of drug-likeness (QED) is 0.220. The van der Waals surface area contributed by atoms with Crippen LogP contribution in [0.15, 0.2) is 42.6 Å². The number of carbonyl (C=O) groups excluding carboxylic acids is 2. The molecule has 7 rings (SSSR count). The molecule has 14 heteroatoms. The second-order valence-electron chi connectivity index (χ2n) is 12.7. The Morgan fingerprint density at radius 1 is 1.19 bits per heavy atom. The van der Waals surface area contributed by atoms with Crippen molar-refractivity contribution >= 4 is 34.3 Å². The van der Waals surface area contributed by atoms with Gasteiger partial charge in [-0.15, -0.1) is 0 Å². The van der Waals surface area contributed by atoms with E-state index in [4.69, 9.17) is 31.8 Å². The molecule has 4 aromatic rings. The number of amides is 2. The Morgan fingerprint density at radius 2 is 1.94 bits per heavy atom. The summed E-state index contributed by atoms with van der Waals surface area (Å²) in [5, 5.41) is 20.2. The zero-order chi connectivity index (χ0) is 33.5. The molecule has 3 aliphatic rings. The van der Waals surface area contributed by atoms with Crippen molar-refractivity contribution in [3.63, 3.8) is 0 Å². The lowest BCUT2D eigenvalue weighted by Crippen LogP contribution is -2.44. The number of pyridine rings is 1. The average Bonchev–Trinajstić information content (AvgIpc) is 3.98. The number of ether oxygens (including phenoxy) is 2. The second-order valence-corrected chi connectivity index (χ2v) is 13.2. The SMILES string of the molecule is COc1cc(C(=O)NC[C@](O)(c2cc3c(c(-c4ccc(C(F)(F)F)cc4Cl)n2)OC[C@]3(C)C(N)=O)C2CC2)cc2cn(C3CC3)nc12. The molecule has 4 N–H and O–H groups in total. The third-order valence-electron chi connectivity index (χ3n) is 9.38. The van der Waals surface area contributed by atoms with Crippen LogP contribution in [-0.2, 0) is 22.0 Å². The van der Waals surface area contributed by atoms with Crippen molar-refractivity contribution in [2.45, 2.75) is 55.8 Å². The fraction of sp³-hybridized carbons (Fsp3) is 0.394. The molecule has 0 radical (unpaired) electrons. The number of nitrogens with zero attached hydrogens (tertiary/aromatic N) is 3. The van der Waals surface area contributed by atoms with E-state index in [1.165, 1.54) is 19.2 Å². The first-order valence-corrected chi connectivity index (χ1v) is 15.5. The summed E-state index contributed by atoms with van der Waals surface area (Å²) in [6, 6.07) is 7.99. The van der Waals surface area contributed by atoms with E-state index in [9.17, 15) is 27.9 Å². The van der Waals surface area contributed by atoms with E-state index >= 15 is 0 Å². The van der Waals surface area contributed by atoms with Gasteiger partial charge in [-0.3, -0.25) is 14.3 Å². The molecule has 246 valence electrons. The number of hydrogen-bond donors (Lipinski definition) is 3. The number of nitrogens with two attached hydrogens (primary N) is 1. The topological polar surface area (TPSA) is 142 Å². The zero-order valence-electron chi connectivity index (χ0n) is 25.4. The van der Waals surface area contributed by atoms with Gasteiger partial charge >= 0.3 is 6.18 Å². The van der Waals surface area contributed by atoms with Crippen LogP contribution in [0.25, 0.3) is 22.2 Å². The maximum atomic E-state index is 13.5. The molecule has 10 nitrogen and oxygen atoms in total. The molecule has 1 aliphatic heterocycles. The van der Waals surface area contributed by atoms with Gasteiger partial charge in [0.2, 0.25) is 5.91 Å². The number of rotatable bonds is 9. The lowest BCUT2D eigenvalue weighted by Gasteiger charge is -2.30. The van der Waals surface area contributed by atoms with Gasteiger partial charge in [0.25, 0.3) is 5.91 Å². The maximum absolute atomic E-state index is 13.5. The fourth-order valence-corrected chi connectivity index (χ4v) is 6.40. The van der Waals surface area contributed by atoms with Gasteiger partial charge in [0.05, 0.1) is 36.0 Å². The molecule has 2 amide bonds. The molecule has 2 atom stereocenters. The first-order valence-electron chi connectivity index (χ1n) is 15.2. The first kappa shape index (κ1) is 31.3. The lowest BCUT2D eigenvalue weighted by molar-refractivity contribution is -0.137. The van der Waals surface area contributed by atoms with Crippen LogP contribution in [-0.4, -0.2) is 51.9 Å². The van der Waals surface area contributed by atoms with E-state index in [0.717, 1.165) is 30.4 Å². The summed E-state index contributed by atoms with van der Waals surface area (Å²) in [4.78, 5) is 30.9. The highest BCUT2D eigenvalue weighted by Crippen LogP contribution is 2.51. The van der Waals surface area contributed by atoms with Crippen LogP contribution in [0.3, 0.4) is 0 Å². The Bertz CT molecular complexity index is 1960. The predicted octanol–water partition coefficient (Wildman–Crippen LogP) is 5.28. The molecule has 2 fully saturated rings. The summed E-state index contributed by atoms with van der Waals surface area (Å²) in [5.74, 6) is -0.906. The second kappa shape index (κ2) is 10.8. The molecule has 0 bridgehead atoms. The van der Waals surface area contributed by atoms with E-state index in [-0.39, 0.29) is 46.8 Å². The van der Waals surface area contributed by atoms with Gasteiger partial charge in [0.1, 0.15) is 40.3 Å². The summed E-state index contributed by atoms with van der Waals surface area (Å²) >= 11 is 6.38. The van der Waals surface area contributed by atoms with Crippen molar-refractivity contribution in [3.05, 3.63) is 70.0 Å². The minimum atomic E-state index is -4.63. The monoisotopic (exact) mass is 669 g/mol. The molecule has 2 aliphatic carbocycles. The molecule has 0 spiro atoms. The van der Waals surface area contributed by atoms with Gasteiger partial charge in [-0.2, -0.15) is 18.3 Å². The highest BCUT2D eigenvalue weighted by Gasteiger charge is 2.50. The molecule has 3 heterocycles. The van der Waals surface area contributed by atoms with E-state index < -0.39 is 34.6 Å². The van der Waals surface area contributed by atoms with E-state index in [0.29, 0.717) is 41.3 Å². The largest absolute Gasteiger partial charge is 0.494 e. The molecule has 0 saturated heterocycles. The summed E-state index contributed by atoms with van der Waals surface area (Å²) in [7, 11) is 1.50. The molecule has 2 saturated carbocycles. The number of halogens is 4. The number of benzene rings is 2. The molecular formula is C33H31ClF3N5O5. The van der Waals surface area contributed by atoms with Gasteiger partial charge in [-0.25, -0.2) is 4.98 Å². The van der Waals surface area contributed by atoms with Crippen LogP contribution in [0.4, 0.5) is 13.2 Å². The Labute approximate surface area is 272 Å². The average molecular weight is 670 g/mol. The molecule has 2 aromatic heterocycles. The first-order chi connectivity index (χ1) is 22.2. The van der Waals surface area contributed by atoms with Gasteiger partial charge in [-0.1, -0.05) is 17.7 Å². The number of methoxy groups -OCH3 is 1. The minimum Gasteiger partial charge on any atom is -0.494 e. The zero-order valence-corrected chi connectivity index (χ0v) is 26.2. The smallest absolute Gasteiger partial charge is 0.416 e. The Morgan fingerprint density at radius 3 is 2.55 bits per heavy atom. The van der Waals surface area contributed by atoms with Crippen molar-refractivity contribution in [2.75, 3.05) is 20.3 Å². The lowest BCUT2D eigenvalue weighted by atomic mass is 9.81. The number of aliphatic hydroxyl groups is 1.